The molecule has 0 bridgehead atoms. The molecule has 2 aromatic rings. The molecule has 1 aromatic carbocycles. The fraction of sp³-hybridized carbons (Fsp3) is 0.438. The molecule has 1 heterocycles. The van der Waals surface area contributed by atoms with E-state index in [1.165, 1.54) is 21.7 Å². The van der Waals surface area contributed by atoms with Crippen molar-refractivity contribution in [2.24, 2.45) is 0 Å². The molecule has 1 aromatic heterocycles. The van der Waals surface area contributed by atoms with Crippen molar-refractivity contribution in [1.29, 1.82) is 0 Å². The van der Waals surface area contributed by atoms with Crippen LogP contribution in [0.15, 0.2) is 17.5 Å². The molecule has 3 nitrogen and oxygen atoms in total. The van der Waals surface area contributed by atoms with Crippen molar-refractivity contribution in [3.05, 3.63) is 44.9 Å². The van der Waals surface area contributed by atoms with Crippen molar-refractivity contribution in [3.63, 3.8) is 0 Å². The quantitative estimate of drug-likeness (QED) is 0.882. The SMILES string of the molecule is CCc1nc(COc2c(C)cc(CNC)cc2C)cs1. The maximum Gasteiger partial charge on any atom is 0.131 e. The summed E-state index contributed by atoms with van der Waals surface area (Å²) in [6.45, 7) is 7.75. The van der Waals surface area contributed by atoms with Gasteiger partial charge in [0.05, 0.1) is 10.7 Å². The Morgan fingerprint density at radius 3 is 2.50 bits per heavy atom. The average molecular weight is 290 g/mol. The maximum absolute atomic E-state index is 5.97. The Balaban J connectivity index is 2.09. The number of ether oxygens (including phenoxy) is 1. The zero-order valence-electron chi connectivity index (χ0n) is 12.6. The lowest BCUT2D eigenvalue weighted by atomic mass is 10.1. The van der Waals surface area contributed by atoms with E-state index >= 15 is 0 Å². The Kier molecular flexibility index (Phi) is 5.15. The Morgan fingerprint density at radius 2 is 1.95 bits per heavy atom. The topological polar surface area (TPSA) is 34.1 Å². The third-order valence-corrected chi connectivity index (χ3v) is 4.21. The molecule has 4 heteroatoms. The molecule has 0 aliphatic heterocycles. The van der Waals surface area contributed by atoms with Gasteiger partial charge in [0.2, 0.25) is 0 Å². The van der Waals surface area contributed by atoms with Crippen LogP contribution < -0.4 is 10.1 Å². The van der Waals surface area contributed by atoms with E-state index < -0.39 is 0 Å². The highest BCUT2D eigenvalue weighted by atomic mass is 32.1. The van der Waals surface area contributed by atoms with Crippen LogP contribution in [0, 0.1) is 13.8 Å². The van der Waals surface area contributed by atoms with Gasteiger partial charge in [-0.2, -0.15) is 0 Å². The lowest BCUT2D eigenvalue weighted by Crippen LogP contribution is -2.06. The van der Waals surface area contributed by atoms with Gasteiger partial charge in [0.25, 0.3) is 0 Å². The second-order valence-corrected chi connectivity index (χ2v) is 5.91. The lowest BCUT2D eigenvalue weighted by molar-refractivity contribution is 0.297. The number of rotatable bonds is 6. The average Bonchev–Trinajstić information content (AvgIpc) is 2.86. The van der Waals surface area contributed by atoms with Gasteiger partial charge in [-0.25, -0.2) is 4.98 Å². The Bertz CT molecular complexity index is 555. The molecule has 0 saturated heterocycles. The van der Waals surface area contributed by atoms with Gasteiger partial charge in [-0.15, -0.1) is 11.3 Å². The number of hydrogen-bond acceptors (Lipinski definition) is 4. The van der Waals surface area contributed by atoms with E-state index in [4.69, 9.17) is 4.74 Å². The zero-order valence-corrected chi connectivity index (χ0v) is 13.4. The maximum atomic E-state index is 5.97. The van der Waals surface area contributed by atoms with Gasteiger partial charge in [-0.3, -0.25) is 0 Å². The highest BCUT2D eigenvalue weighted by molar-refractivity contribution is 7.09. The molecule has 0 spiro atoms. The van der Waals surface area contributed by atoms with Gasteiger partial charge in [0.15, 0.2) is 0 Å². The monoisotopic (exact) mass is 290 g/mol. The van der Waals surface area contributed by atoms with Gasteiger partial charge in [0.1, 0.15) is 12.4 Å². The van der Waals surface area contributed by atoms with Crippen molar-refractivity contribution in [3.8, 4) is 5.75 Å². The van der Waals surface area contributed by atoms with E-state index in [1.807, 2.05) is 7.05 Å². The molecule has 2 rings (SSSR count). The normalized spacial score (nSPS) is 10.8. The van der Waals surface area contributed by atoms with E-state index in [9.17, 15) is 0 Å². The van der Waals surface area contributed by atoms with Crippen LogP contribution in [0.3, 0.4) is 0 Å². The summed E-state index contributed by atoms with van der Waals surface area (Å²) in [5, 5.41) is 6.43. The van der Waals surface area contributed by atoms with Crippen molar-refractivity contribution >= 4 is 11.3 Å². The first-order valence-corrected chi connectivity index (χ1v) is 7.82. The molecule has 0 radical (unpaired) electrons. The second-order valence-electron chi connectivity index (χ2n) is 4.96. The van der Waals surface area contributed by atoms with Crippen LogP contribution in [0.2, 0.25) is 0 Å². The minimum atomic E-state index is 0.545. The Hall–Kier alpha value is -1.39. The lowest BCUT2D eigenvalue weighted by Gasteiger charge is -2.13. The highest BCUT2D eigenvalue weighted by Gasteiger charge is 2.08. The smallest absolute Gasteiger partial charge is 0.131 e. The summed E-state index contributed by atoms with van der Waals surface area (Å²) in [6.07, 6.45) is 0.988. The van der Waals surface area contributed by atoms with Gasteiger partial charge in [-0.1, -0.05) is 19.1 Å². The van der Waals surface area contributed by atoms with Crippen molar-refractivity contribution in [2.75, 3.05) is 7.05 Å². The zero-order chi connectivity index (χ0) is 14.5. The molecule has 0 amide bonds. The van der Waals surface area contributed by atoms with Crippen LogP contribution >= 0.6 is 11.3 Å². The van der Waals surface area contributed by atoms with Crippen molar-refractivity contribution in [1.82, 2.24) is 10.3 Å². The fourth-order valence-electron chi connectivity index (χ4n) is 2.30. The summed E-state index contributed by atoms with van der Waals surface area (Å²) in [5.41, 5.74) is 4.67. The third-order valence-electron chi connectivity index (χ3n) is 3.17. The molecule has 20 heavy (non-hydrogen) atoms. The van der Waals surface area contributed by atoms with Gasteiger partial charge < -0.3 is 10.1 Å². The Labute approximate surface area is 125 Å². The van der Waals surface area contributed by atoms with Gasteiger partial charge in [-0.05, 0) is 44.0 Å². The van der Waals surface area contributed by atoms with E-state index in [1.54, 1.807) is 11.3 Å². The molecule has 1 N–H and O–H groups in total. The number of hydrogen-bond donors (Lipinski definition) is 1. The van der Waals surface area contributed by atoms with Crippen molar-refractivity contribution in [2.45, 2.75) is 40.3 Å². The first kappa shape index (κ1) is 15.0. The minimum absolute atomic E-state index is 0.545. The van der Waals surface area contributed by atoms with Crippen LogP contribution in [0.5, 0.6) is 5.75 Å². The predicted octanol–water partition coefficient (Wildman–Crippen LogP) is 3.62. The predicted molar refractivity (Wildman–Crippen MR) is 84.5 cm³/mol. The van der Waals surface area contributed by atoms with Crippen LogP contribution in [-0.4, -0.2) is 12.0 Å². The highest BCUT2D eigenvalue weighted by Crippen LogP contribution is 2.26. The van der Waals surface area contributed by atoms with Gasteiger partial charge >= 0.3 is 0 Å². The first-order valence-electron chi connectivity index (χ1n) is 6.94. The van der Waals surface area contributed by atoms with E-state index in [0.29, 0.717) is 6.61 Å². The van der Waals surface area contributed by atoms with Crippen LogP contribution in [-0.2, 0) is 19.6 Å². The summed E-state index contributed by atoms with van der Waals surface area (Å²) in [6, 6.07) is 4.36. The van der Waals surface area contributed by atoms with Crippen LogP contribution in [0.25, 0.3) is 0 Å². The summed E-state index contributed by atoms with van der Waals surface area (Å²) in [5.74, 6) is 0.982. The van der Waals surface area contributed by atoms with Crippen LogP contribution in [0.4, 0.5) is 0 Å². The number of thiazole rings is 1. The number of nitrogens with zero attached hydrogens (tertiary/aromatic N) is 1. The molecular formula is C16H22N2OS. The fourth-order valence-corrected chi connectivity index (χ4v) is 3.03. The summed E-state index contributed by atoms with van der Waals surface area (Å²) >= 11 is 1.70. The second kappa shape index (κ2) is 6.86. The van der Waals surface area contributed by atoms with E-state index in [-0.39, 0.29) is 0 Å². The molecule has 0 aliphatic rings. The number of nitrogens with one attached hydrogen (secondary N) is 1. The minimum Gasteiger partial charge on any atom is -0.487 e. The third kappa shape index (κ3) is 3.58. The molecular weight excluding hydrogens is 268 g/mol. The first-order chi connectivity index (χ1) is 9.63. The number of aromatic nitrogens is 1. The summed E-state index contributed by atoms with van der Waals surface area (Å²) in [4.78, 5) is 4.53. The molecule has 108 valence electrons. The largest absolute Gasteiger partial charge is 0.487 e. The molecule has 0 aliphatic carbocycles. The number of aryl methyl sites for hydroxylation is 3. The van der Waals surface area contributed by atoms with Crippen LogP contribution in [0.1, 0.15) is 34.3 Å². The standard InChI is InChI=1S/C16H22N2OS/c1-5-15-18-14(10-20-15)9-19-16-11(2)6-13(8-17-4)7-12(16)3/h6-7,10,17H,5,8-9H2,1-4H3. The molecule has 0 atom stereocenters. The van der Waals surface area contributed by atoms with E-state index in [0.717, 1.165) is 24.4 Å². The Morgan fingerprint density at radius 1 is 1.25 bits per heavy atom. The summed E-state index contributed by atoms with van der Waals surface area (Å²) < 4.78 is 5.97. The van der Waals surface area contributed by atoms with Crippen molar-refractivity contribution < 1.29 is 4.74 Å². The van der Waals surface area contributed by atoms with E-state index in [2.05, 4.69) is 48.6 Å². The molecule has 0 saturated carbocycles. The number of benzene rings is 1. The summed E-state index contributed by atoms with van der Waals surface area (Å²) in [7, 11) is 1.96. The molecule has 0 unspecified atom stereocenters. The molecule has 0 fully saturated rings. The van der Waals surface area contributed by atoms with Gasteiger partial charge in [0, 0.05) is 11.9 Å².